The number of thiocarbonyl (C=S) groups is 1. The fourth-order valence-electron chi connectivity index (χ4n) is 1.59. The van der Waals surface area contributed by atoms with Crippen LogP contribution in [-0.2, 0) is 6.54 Å². The second kappa shape index (κ2) is 7.35. The molecule has 1 heterocycles. The predicted octanol–water partition coefficient (Wildman–Crippen LogP) is 2.47. The maximum absolute atomic E-state index is 5.18. The molecule has 0 bridgehead atoms. The Hall–Kier alpha value is -2.27. The molecule has 1 aromatic heterocycles. The van der Waals surface area contributed by atoms with E-state index in [1.807, 2.05) is 49.4 Å². The van der Waals surface area contributed by atoms with Crippen LogP contribution in [0.5, 0.6) is 0 Å². The molecular formula is C15H16N4S. The van der Waals surface area contributed by atoms with Crippen molar-refractivity contribution in [3.63, 3.8) is 0 Å². The highest BCUT2D eigenvalue weighted by Gasteiger charge is 1.98. The van der Waals surface area contributed by atoms with E-state index in [1.165, 1.54) is 5.56 Å². The Morgan fingerprint density at radius 1 is 1.20 bits per heavy atom. The first kappa shape index (κ1) is 14.1. The van der Waals surface area contributed by atoms with Crippen molar-refractivity contribution in [1.82, 2.24) is 15.7 Å². The minimum atomic E-state index is 0.497. The van der Waals surface area contributed by atoms with Crippen LogP contribution in [0.15, 0.2) is 60.0 Å². The number of nitrogens with zero attached hydrogens (tertiary/aromatic N) is 2. The summed E-state index contributed by atoms with van der Waals surface area (Å²) >= 11 is 5.18. The third-order valence-corrected chi connectivity index (χ3v) is 2.94. The fourth-order valence-corrected chi connectivity index (χ4v) is 1.71. The lowest BCUT2D eigenvalue weighted by Crippen LogP contribution is -2.32. The van der Waals surface area contributed by atoms with Crippen molar-refractivity contribution in [3.05, 3.63) is 66.0 Å². The first-order valence-corrected chi connectivity index (χ1v) is 6.69. The minimum Gasteiger partial charge on any atom is -0.357 e. The van der Waals surface area contributed by atoms with Crippen LogP contribution in [0.3, 0.4) is 0 Å². The lowest BCUT2D eigenvalue weighted by atomic mass is 10.2. The fraction of sp³-hybridized carbons (Fsp3) is 0.133. The number of aromatic nitrogens is 1. The number of nitrogens with one attached hydrogen (secondary N) is 2. The molecule has 0 saturated heterocycles. The molecule has 102 valence electrons. The average molecular weight is 284 g/mol. The second-order valence-electron chi connectivity index (χ2n) is 4.22. The zero-order valence-corrected chi connectivity index (χ0v) is 12.0. The Labute approximate surface area is 123 Å². The van der Waals surface area contributed by atoms with Gasteiger partial charge in [0.2, 0.25) is 0 Å². The molecule has 5 heteroatoms. The summed E-state index contributed by atoms with van der Waals surface area (Å²) in [7, 11) is 0. The van der Waals surface area contributed by atoms with Crippen LogP contribution in [-0.4, -0.2) is 15.8 Å². The van der Waals surface area contributed by atoms with Gasteiger partial charge >= 0.3 is 0 Å². The SMILES string of the molecule is C/C(=N/NC(=S)NCc1ccccc1)c1cccnc1. The Balaban J connectivity index is 1.83. The van der Waals surface area contributed by atoms with Gasteiger partial charge < -0.3 is 5.32 Å². The molecular weight excluding hydrogens is 268 g/mol. The summed E-state index contributed by atoms with van der Waals surface area (Å²) < 4.78 is 0. The first-order chi connectivity index (χ1) is 9.75. The summed E-state index contributed by atoms with van der Waals surface area (Å²) in [6, 6.07) is 13.9. The molecule has 0 radical (unpaired) electrons. The normalized spacial score (nSPS) is 10.9. The Morgan fingerprint density at radius 3 is 2.70 bits per heavy atom. The molecule has 2 N–H and O–H groups in total. The highest BCUT2D eigenvalue weighted by atomic mass is 32.1. The maximum atomic E-state index is 5.18. The van der Waals surface area contributed by atoms with Crippen molar-refractivity contribution < 1.29 is 0 Å². The smallest absolute Gasteiger partial charge is 0.187 e. The Morgan fingerprint density at radius 2 is 2.00 bits per heavy atom. The summed E-state index contributed by atoms with van der Waals surface area (Å²) in [6.07, 6.45) is 3.50. The van der Waals surface area contributed by atoms with E-state index in [0.717, 1.165) is 11.3 Å². The van der Waals surface area contributed by atoms with Crippen LogP contribution in [0, 0.1) is 0 Å². The molecule has 0 spiro atoms. The van der Waals surface area contributed by atoms with Gasteiger partial charge in [-0.15, -0.1) is 0 Å². The highest BCUT2D eigenvalue weighted by molar-refractivity contribution is 7.80. The lowest BCUT2D eigenvalue weighted by Gasteiger charge is -2.08. The molecule has 0 amide bonds. The van der Waals surface area contributed by atoms with Gasteiger partial charge in [0.1, 0.15) is 0 Å². The van der Waals surface area contributed by atoms with Gasteiger partial charge in [-0.3, -0.25) is 10.4 Å². The summed E-state index contributed by atoms with van der Waals surface area (Å²) in [5, 5.41) is 7.83. The number of hydrogen-bond acceptors (Lipinski definition) is 3. The van der Waals surface area contributed by atoms with E-state index in [-0.39, 0.29) is 0 Å². The van der Waals surface area contributed by atoms with Gasteiger partial charge in [0.05, 0.1) is 5.71 Å². The van der Waals surface area contributed by atoms with Gasteiger partial charge in [-0.2, -0.15) is 5.10 Å². The van der Waals surface area contributed by atoms with Crippen LogP contribution in [0.25, 0.3) is 0 Å². The zero-order chi connectivity index (χ0) is 14.2. The van der Waals surface area contributed by atoms with Crippen LogP contribution in [0.2, 0.25) is 0 Å². The molecule has 2 rings (SSSR count). The van der Waals surface area contributed by atoms with Crippen LogP contribution >= 0.6 is 12.2 Å². The van der Waals surface area contributed by atoms with Gasteiger partial charge in [0.15, 0.2) is 5.11 Å². The monoisotopic (exact) mass is 284 g/mol. The second-order valence-corrected chi connectivity index (χ2v) is 4.63. The van der Waals surface area contributed by atoms with Gasteiger partial charge in [-0.05, 0) is 30.8 Å². The number of hydrogen-bond donors (Lipinski definition) is 2. The van der Waals surface area contributed by atoms with Gasteiger partial charge in [0, 0.05) is 24.5 Å². The quantitative estimate of drug-likeness (QED) is 0.514. The van der Waals surface area contributed by atoms with Crippen molar-refractivity contribution in [2.24, 2.45) is 5.10 Å². The van der Waals surface area contributed by atoms with E-state index in [2.05, 4.69) is 20.8 Å². The zero-order valence-electron chi connectivity index (χ0n) is 11.2. The van der Waals surface area contributed by atoms with Gasteiger partial charge in [-0.1, -0.05) is 36.4 Å². The number of hydrazone groups is 1. The van der Waals surface area contributed by atoms with E-state index < -0.39 is 0 Å². The molecule has 0 aliphatic carbocycles. The third kappa shape index (κ3) is 4.44. The molecule has 0 unspecified atom stereocenters. The molecule has 0 saturated carbocycles. The van der Waals surface area contributed by atoms with Crippen LogP contribution in [0.1, 0.15) is 18.1 Å². The van der Waals surface area contributed by atoms with E-state index >= 15 is 0 Å². The molecule has 1 aromatic carbocycles. The largest absolute Gasteiger partial charge is 0.357 e. The Bertz CT molecular complexity index is 581. The third-order valence-electron chi connectivity index (χ3n) is 2.70. The minimum absolute atomic E-state index is 0.497. The first-order valence-electron chi connectivity index (χ1n) is 6.28. The number of pyridine rings is 1. The molecule has 0 atom stereocenters. The average Bonchev–Trinajstić information content (AvgIpc) is 2.52. The van der Waals surface area contributed by atoms with Crippen LogP contribution < -0.4 is 10.7 Å². The van der Waals surface area contributed by atoms with E-state index in [9.17, 15) is 0 Å². The van der Waals surface area contributed by atoms with E-state index in [4.69, 9.17) is 12.2 Å². The molecule has 4 nitrogen and oxygen atoms in total. The van der Waals surface area contributed by atoms with Crippen molar-refractivity contribution in [2.45, 2.75) is 13.5 Å². The van der Waals surface area contributed by atoms with Gasteiger partial charge in [0.25, 0.3) is 0 Å². The van der Waals surface area contributed by atoms with Crippen LogP contribution in [0.4, 0.5) is 0 Å². The van der Waals surface area contributed by atoms with E-state index in [0.29, 0.717) is 11.7 Å². The molecule has 20 heavy (non-hydrogen) atoms. The van der Waals surface area contributed by atoms with Crippen molar-refractivity contribution in [3.8, 4) is 0 Å². The van der Waals surface area contributed by atoms with Crippen molar-refractivity contribution in [1.29, 1.82) is 0 Å². The molecule has 0 aliphatic rings. The highest BCUT2D eigenvalue weighted by Crippen LogP contribution is 1.98. The topological polar surface area (TPSA) is 49.3 Å². The molecule has 0 fully saturated rings. The number of benzene rings is 1. The van der Waals surface area contributed by atoms with E-state index in [1.54, 1.807) is 12.4 Å². The Kier molecular flexibility index (Phi) is 5.20. The predicted molar refractivity (Wildman–Crippen MR) is 85.5 cm³/mol. The van der Waals surface area contributed by atoms with Crippen molar-refractivity contribution >= 4 is 23.0 Å². The summed E-state index contributed by atoms with van der Waals surface area (Å²) in [4.78, 5) is 4.05. The van der Waals surface area contributed by atoms with Gasteiger partial charge in [-0.25, -0.2) is 0 Å². The summed E-state index contributed by atoms with van der Waals surface area (Å²) in [5.74, 6) is 0. The molecule has 2 aromatic rings. The summed E-state index contributed by atoms with van der Waals surface area (Å²) in [6.45, 7) is 2.58. The molecule has 0 aliphatic heterocycles. The standard InChI is InChI=1S/C15H16N4S/c1-12(14-8-5-9-16-11-14)18-19-15(20)17-10-13-6-3-2-4-7-13/h2-9,11H,10H2,1H3,(H2,17,19,20)/b18-12-. The van der Waals surface area contributed by atoms with Crippen molar-refractivity contribution in [2.75, 3.05) is 0 Å². The number of rotatable bonds is 4. The maximum Gasteiger partial charge on any atom is 0.187 e. The lowest BCUT2D eigenvalue weighted by molar-refractivity contribution is 0.866. The summed E-state index contributed by atoms with van der Waals surface area (Å²) in [5.41, 5.74) is 5.80.